The fourth-order valence-electron chi connectivity index (χ4n) is 5.39. The lowest BCUT2D eigenvalue weighted by Gasteiger charge is -2.54. The second-order valence-electron chi connectivity index (χ2n) is 7.90. The first-order valence-electron chi connectivity index (χ1n) is 8.84. The lowest BCUT2D eigenvalue weighted by molar-refractivity contribution is -0.137. The Kier molecular flexibility index (Phi) is 3.85. The molecule has 0 radical (unpaired) electrons. The third-order valence-corrected chi connectivity index (χ3v) is 6.20. The van der Waals surface area contributed by atoms with Crippen LogP contribution in [-0.4, -0.2) is 11.9 Å². The largest absolute Gasteiger partial charge is 0.416 e. The number of amides is 1. The zero-order valence-electron chi connectivity index (χ0n) is 13.5. The minimum absolute atomic E-state index is 0.0627. The van der Waals surface area contributed by atoms with Crippen LogP contribution < -0.4 is 5.32 Å². The van der Waals surface area contributed by atoms with Gasteiger partial charge in [0.2, 0.25) is 5.91 Å². The molecule has 4 aliphatic rings. The summed E-state index contributed by atoms with van der Waals surface area (Å²) in [6.45, 7) is 0. The Bertz CT molecular complexity index is 594. The molecule has 1 aromatic rings. The molecule has 0 aromatic heterocycles. The van der Waals surface area contributed by atoms with Gasteiger partial charge in [-0.2, -0.15) is 13.2 Å². The van der Waals surface area contributed by atoms with Gasteiger partial charge >= 0.3 is 6.18 Å². The van der Waals surface area contributed by atoms with Crippen molar-refractivity contribution in [3.63, 3.8) is 0 Å². The lowest BCUT2D eigenvalue weighted by atomic mass is 9.54. The Morgan fingerprint density at radius 3 is 2.00 bits per heavy atom. The summed E-state index contributed by atoms with van der Waals surface area (Å²) < 4.78 is 37.7. The first-order chi connectivity index (χ1) is 11.4. The predicted molar refractivity (Wildman–Crippen MR) is 84.1 cm³/mol. The smallest absolute Gasteiger partial charge is 0.353 e. The van der Waals surface area contributed by atoms with Gasteiger partial charge in [0.15, 0.2) is 0 Å². The SMILES string of the molecule is O=C(Cc1ccc(C(F)(F)F)cc1)NC1C2CC3CC(C2)CC1C3. The molecule has 130 valence electrons. The van der Waals surface area contributed by atoms with Gasteiger partial charge in [0.25, 0.3) is 0 Å². The molecule has 4 fully saturated rings. The number of halogens is 3. The first kappa shape index (κ1) is 16.0. The van der Waals surface area contributed by atoms with Crippen LogP contribution in [0.5, 0.6) is 0 Å². The van der Waals surface area contributed by atoms with Gasteiger partial charge in [-0.15, -0.1) is 0 Å². The second kappa shape index (κ2) is 5.78. The third-order valence-electron chi connectivity index (χ3n) is 6.20. The van der Waals surface area contributed by atoms with Crippen molar-refractivity contribution < 1.29 is 18.0 Å². The van der Waals surface area contributed by atoms with Crippen LogP contribution in [0.3, 0.4) is 0 Å². The van der Waals surface area contributed by atoms with Crippen molar-refractivity contribution in [2.75, 3.05) is 0 Å². The zero-order chi connectivity index (χ0) is 16.9. The summed E-state index contributed by atoms with van der Waals surface area (Å²) in [6.07, 6.45) is 2.13. The van der Waals surface area contributed by atoms with Crippen molar-refractivity contribution in [1.29, 1.82) is 0 Å². The minimum Gasteiger partial charge on any atom is -0.353 e. The summed E-state index contributed by atoms with van der Waals surface area (Å²) in [5.74, 6) is 2.87. The topological polar surface area (TPSA) is 29.1 Å². The number of carbonyl (C=O) groups is 1. The monoisotopic (exact) mass is 337 g/mol. The van der Waals surface area contributed by atoms with E-state index in [9.17, 15) is 18.0 Å². The van der Waals surface area contributed by atoms with E-state index < -0.39 is 11.7 Å². The molecular weight excluding hydrogens is 315 g/mol. The van der Waals surface area contributed by atoms with Gasteiger partial charge in [-0.1, -0.05) is 12.1 Å². The minimum atomic E-state index is -4.33. The molecule has 0 saturated heterocycles. The van der Waals surface area contributed by atoms with E-state index in [2.05, 4.69) is 5.32 Å². The molecule has 1 amide bonds. The third kappa shape index (κ3) is 3.05. The van der Waals surface area contributed by atoms with Crippen LogP contribution in [0.1, 0.15) is 43.2 Å². The maximum Gasteiger partial charge on any atom is 0.416 e. The van der Waals surface area contributed by atoms with Crippen LogP contribution in [0.4, 0.5) is 13.2 Å². The number of alkyl halides is 3. The second-order valence-corrected chi connectivity index (χ2v) is 7.90. The van der Waals surface area contributed by atoms with Crippen molar-refractivity contribution in [3.05, 3.63) is 35.4 Å². The van der Waals surface area contributed by atoms with Crippen LogP contribution in [0.2, 0.25) is 0 Å². The summed E-state index contributed by atoms with van der Waals surface area (Å²) in [7, 11) is 0. The van der Waals surface area contributed by atoms with Crippen LogP contribution in [0.15, 0.2) is 24.3 Å². The fourth-order valence-corrected chi connectivity index (χ4v) is 5.39. The van der Waals surface area contributed by atoms with Gasteiger partial charge in [0.1, 0.15) is 0 Å². The van der Waals surface area contributed by atoms with Crippen LogP contribution in [0, 0.1) is 23.7 Å². The van der Waals surface area contributed by atoms with Crippen molar-refractivity contribution >= 4 is 5.91 Å². The van der Waals surface area contributed by atoms with Gasteiger partial charge in [0.05, 0.1) is 12.0 Å². The van der Waals surface area contributed by atoms with Crippen molar-refractivity contribution in [2.24, 2.45) is 23.7 Å². The Morgan fingerprint density at radius 2 is 1.50 bits per heavy atom. The summed E-state index contributed by atoms with van der Waals surface area (Å²) in [6, 6.07) is 5.18. The molecule has 1 N–H and O–H groups in total. The Labute approximate surface area is 139 Å². The number of rotatable bonds is 3. The highest BCUT2D eigenvalue weighted by molar-refractivity contribution is 5.79. The molecule has 4 aliphatic carbocycles. The van der Waals surface area contributed by atoms with Crippen LogP contribution in [0.25, 0.3) is 0 Å². The van der Waals surface area contributed by atoms with E-state index in [0.29, 0.717) is 17.4 Å². The van der Waals surface area contributed by atoms with E-state index in [1.807, 2.05) is 0 Å². The molecule has 5 rings (SSSR count). The molecular formula is C19H22F3NO. The number of nitrogens with one attached hydrogen (secondary N) is 1. The van der Waals surface area contributed by atoms with Gasteiger partial charge < -0.3 is 5.32 Å². The predicted octanol–water partition coefficient (Wildman–Crippen LogP) is 4.19. The highest BCUT2D eigenvalue weighted by Gasteiger charge is 2.48. The van der Waals surface area contributed by atoms with Crippen molar-refractivity contribution in [2.45, 2.75) is 50.7 Å². The molecule has 4 bridgehead atoms. The van der Waals surface area contributed by atoms with Gasteiger partial charge in [-0.3, -0.25) is 4.79 Å². The first-order valence-corrected chi connectivity index (χ1v) is 8.84. The molecule has 0 heterocycles. The number of benzene rings is 1. The Balaban J connectivity index is 1.37. The maximum absolute atomic E-state index is 12.6. The van der Waals surface area contributed by atoms with Crippen LogP contribution in [-0.2, 0) is 17.4 Å². The molecule has 24 heavy (non-hydrogen) atoms. The van der Waals surface area contributed by atoms with E-state index in [-0.39, 0.29) is 18.4 Å². The highest BCUT2D eigenvalue weighted by Crippen LogP contribution is 2.53. The standard InChI is InChI=1S/C19H22F3NO/c20-19(21,22)16-3-1-11(2-4-16)10-17(24)23-18-14-6-12-5-13(8-14)9-15(18)7-12/h1-4,12-15,18H,5-10H2,(H,23,24). The maximum atomic E-state index is 12.6. The summed E-state index contributed by atoms with van der Waals surface area (Å²) in [4.78, 5) is 12.4. The molecule has 0 spiro atoms. The molecule has 2 nitrogen and oxygen atoms in total. The zero-order valence-corrected chi connectivity index (χ0v) is 13.5. The molecule has 0 unspecified atom stereocenters. The Hall–Kier alpha value is -1.52. The summed E-state index contributed by atoms with van der Waals surface area (Å²) >= 11 is 0. The Morgan fingerprint density at radius 1 is 0.958 bits per heavy atom. The number of carbonyl (C=O) groups excluding carboxylic acids is 1. The summed E-state index contributed by atoms with van der Waals surface area (Å²) in [5, 5.41) is 3.19. The van der Waals surface area contributed by atoms with E-state index in [1.165, 1.54) is 44.2 Å². The van der Waals surface area contributed by atoms with E-state index in [4.69, 9.17) is 0 Å². The number of hydrogen-bond acceptors (Lipinski definition) is 1. The average molecular weight is 337 g/mol. The molecule has 0 aliphatic heterocycles. The molecule has 0 atom stereocenters. The van der Waals surface area contributed by atoms with E-state index in [0.717, 1.165) is 24.0 Å². The van der Waals surface area contributed by atoms with Crippen LogP contribution >= 0.6 is 0 Å². The normalized spacial score (nSPS) is 34.4. The van der Waals surface area contributed by atoms with E-state index >= 15 is 0 Å². The molecule has 4 saturated carbocycles. The fraction of sp³-hybridized carbons (Fsp3) is 0.632. The van der Waals surface area contributed by atoms with Gasteiger partial charge in [0, 0.05) is 6.04 Å². The molecule has 1 aromatic carbocycles. The average Bonchev–Trinajstić information content (AvgIpc) is 2.50. The van der Waals surface area contributed by atoms with Gasteiger partial charge in [-0.05, 0) is 73.5 Å². The highest BCUT2D eigenvalue weighted by atomic mass is 19.4. The van der Waals surface area contributed by atoms with Gasteiger partial charge in [-0.25, -0.2) is 0 Å². The number of hydrogen-bond donors (Lipinski definition) is 1. The molecule has 5 heteroatoms. The quantitative estimate of drug-likeness (QED) is 0.880. The van der Waals surface area contributed by atoms with Crippen molar-refractivity contribution in [1.82, 2.24) is 5.32 Å². The van der Waals surface area contributed by atoms with Crippen molar-refractivity contribution in [3.8, 4) is 0 Å². The summed E-state index contributed by atoms with van der Waals surface area (Å²) in [5.41, 5.74) is -0.0444. The van der Waals surface area contributed by atoms with E-state index in [1.54, 1.807) is 0 Å². The lowest BCUT2D eigenvalue weighted by Crippen LogP contribution is -2.56.